The predicted molar refractivity (Wildman–Crippen MR) is 72.8 cm³/mol. The summed E-state index contributed by atoms with van der Waals surface area (Å²) in [6, 6.07) is -0.260. The number of hydrogen-bond acceptors (Lipinski definition) is 4. The van der Waals surface area contributed by atoms with Gasteiger partial charge in [-0.15, -0.1) is 0 Å². The molecule has 1 heterocycles. The van der Waals surface area contributed by atoms with Crippen LogP contribution in [0.1, 0.15) is 26.7 Å². The van der Waals surface area contributed by atoms with E-state index in [1.165, 1.54) is 0 Å². The van der Waals surface area contributed by atoms with Crippen LogP contribution in [0, 0.1) is 0 Å². The molecule has 2 N–H and O–H groups in total. The van der Waals surface area contributed by atoms with Crippen molar-refractivity contribution in [3.05, 3.63) is 0 Å². The van der Waals surface area contributed by atoms with Gasteiger partial charge >= 0.3 is 0 Å². The summed E-state index contributed by atoms with van der Waals surface area (Å²) in [5.41, 5.74) is 0. The van der Waals surface area contributed by atoms with Crippen molar-refractivity contribution in [1.82, 2.24) is 15.5 Å². The van der Waals surface area contributed by atoms with E-state index in [1.807, 2.05) is 18.7 Å². The van der Waals surface area contributed by atoms with E-state index < -0.39 is 0 Å². The minimum atomic E-state index is -0.260. The molecule has 0 radical (unpaired) electrons. The van der Waals surface area contributed by atoms with Gasteiger partial charge in [-0.1, -0.05) is 6.92 Å². The summed E-state index contributed by atoms with van der Waals surface area (Å²) in [6.07, 6.45) is 1.35. The van der Waals surface area contributed by atoms with Gasteiger partial charge in [-0.25, -0.2) is 0 Å². The van der Waals surface area contributed by atoms with Gasteiger partial charge in [0.15, 0.2) is 0 Å². The fourth-order valence-electron chi connectivity index (χ4n) is 1.86. The number of rotatable bonds is 7. The van der Waals surface area contributed by atoms with Gasteiger partial charge in [0.25, 0.3) is 0 Å². The Morgan fingerprint density at radius 3 is 2.58 bits per heavy atom. The second kappa shape index (κ2) is 8.87. The monoisotopic (exact) mass is 271 g/mol. The predicted octanol–water partition coefficient (Wildman–Crippen LogP) is -0.260. The van der Waals surface area contributed by atoms with Crippen molar-refractivity contribution in [2.45, 2.75) is 32.7 Å². The average Bonchev–Trinajstić information content (AvgIpc) is 2.45. The molecule has 0 aromatic carbocycles. The van der Waals surface area contributed by atoms with Crippen LogP contribution in [0.3, 0.4) is 0 Å². The van der Waals surface area contributed by atoms with Crippen molar-refractivity contribution in [1.29, 1.82) is 0 Å². The van der Waals surface area contributed by atoms with E-state index in [4.69, 9.17) is 4.74 Å². The Morgan fingerprint density at radius 1 is 1.26 bits per heavy atom. The number of ether oxygens (including phenoxy) is 1. The molecule has 2 amide bonds. The summed E-state index contributed by atoms with van der Waals surface area (Å²) in [6.45, 7) is 7.62. The van der Waals surface area contributed by atoms with Crippen molar-refractivity contribution in [2.75, 3.05) is 39.4 Å². The van der Waals surface area contributed by atoms with Crippen LogP contribution < -0.4 is 10.6 Å². The Bertz CT molecular complexity index is 291. The Morgan fingerprint density at radius 2 is 1.95 bits per heavy atom. The van der Waals surface area contributed by atoms with Crippen LogP contribution in [0.25, 0.3) is 0 Å². The molecule has 6 nitrogen and oxygen atoms in total. The molecule has 1 atom stereocenters. The quantitative estimate of drug-likeness (QED) is 0.669. The third kappa shape index (κ3) is 6.02. The smallest absolute Gasteiger partial charge is 0.236 e. The van der Waals surface area contributed by atoms with E-state index in [0.717, 1.165) is 6.42 Å². The molecule has 0 aromatic rings. The van der Waals surface area contributed by atoms with Crippen LogP contribution in [0.15, 0.2) is 0 Å². The first-order valence-electron chi connectivity index (χ1n) is 7.01. The molecule has 1 rings (SSSR count). The third-order valence-electron chi connectivity index (χ3n) is 3.10. The normalized spacial score (nSPS) is 17.1. The summed E-state index contributed by atoms with van der Waals surface area (Å²) >= 11 is 0. The molecule has 6 heteroatoms. The van der Waals surface area contributed by atoms with Crippen LogP contribution in [0.2, 0.25) is 0 Å². The molecule has 0 aromatic heterocycles. The molecule has 1 fully saturated rings. The number of carbonyl (C=O) groups excluding carboxylic acids is 2. The number of amides is 2. The molecule has 1 aliphatic heterocycles. The lowest BCUT2D eigenvalue weighted by Crippen LogP contribution is -2.45. The summed E-state index contributed by atoms with van der Waals surface area (Å²) in [7, 11) is 0. The molecule has 0 spiro atoms. The Balaban J connectivity index is 2.14. The zero-order valence-electron chi connectivity index (χ0n) is 11.9. The molecule has 1 unspecified atom stereocenters. The molecule has 1 aliphatic rings. The molecule has 19 heavy (non-hydrogen) atoms. The highest BCUT2D eigenvalue weighted by Gasteiger charge is 2.17. The van der Waals surface area contributed by atoms with Crippen LogP contribution >= 0.6 is 0 Å². The molecular formula is C13H25N3O3. The second-order valence-electron chi connectivity index (χ2n) is 4.71. The van der Waals surface area contributed by atoms with Crippen LogP contribution in [-0.2, 0) is 14.3 Å². The average molecular weight is 271 g/mol. The van der Waals surface area contributed by atoms with Gasteiger partial charge in [0.05, 0.1) is 19.3 Å². The Labute approximate surface area is 114 Å². The maximum atomic E-state index is 11.9. The second-order valence-corrected chi connectivity index (χ2v) is 4.71. The van der Waals surface area contributed by atoms with E-state index >= 15 is 0 Å². The Kier molecular flexibility index (Phi) is 7.43. The maximum Gasteiger partial charge on any atom is 0.236 e. The first-order valence-corrected chi connectivity index (χ1v) is 7.01. The summed E-state index contributed by atoms with van der Waals surface area (Å²) < 4.78 is 5.20. The van der Waals surface area contributed by atoms with Crippen molar-refractivity contribution >= 4 is 11.8 Å². The fourth-order valence-corrected chi connectivity index (χ4v) is 1.86. The van der Waals surface area contributed by atoms with Gasteiger partial charge in [0.1, 0.15) is 0 Å². The molecular weight excluding hydrogens is 246 g/mol. The van der Waals surface area contributed by atoms with E-state index in [1.54, 1.807) is 0 Å². The van der Waals surface area contributed by atoms with E-state index in [9.17, 15) is 9.59 Å². The van der Waals surface area contributed by atoms with Gasteiger partial charge in [0.2, 0.25) is 11.8 Å². The van der Waals surface area contributed by atoms with E-state index in [-0.39, 0.29) is 17.9 Å². The number of morpholine rings is 1. The van der Waals surface area contributed by atoms with Crippen molar-refractivity contribution < 1.29 is 14.3 Å². The zero-order chi connectivity index (χ0) is 14.1. The fraction of sp³-hybridized carbons (Fsp3) is 0.846. The first-order chi connectivity index (χ1) is 9.15. The molecule has 0 aliphatic carbocycles. The maximum absolute atomic E-state index is 11.9. The van der Waals surface area contributed by atoms with Crippen LogP contribution in [-0.4, -0.2) is 62.1 Å². The minimum Gasteiger partial charge on any atom is -0.378 e. The topological polar surface area (TPSA) is 70.7 Å². The first kappa shape index (κ1) is 15.9. The highest BCUT2D eigenvalue weighted by Crippen LogP contribution is 1.99. The summed E-state index contributed by atoms with van der Waals surface area (Å²) in [5, 5.41) is 5.89. The lowest BCUT2D eigenvalue weighted by Gasteiger charge is -2.27. The molecule has 0 saturated carbocycles. The molecule has 0 bridgehead atoms. The Hall–Kier alpha value is -1.14. The van der Waals surface area contributed by atoms with Gasteiger partial charge in [-0.3, -0.25) is 9.59 Å². The van der Waals surface area contributed by atoms with Crippen molar-refractivity contribution in [3.63, 3.8) is 0 Å². The zero-order valence-corrected chi connectivity index (χ0v) is 11.9. The van der Waals surface area contributed by atoms with E-state index in [0.29, 0.717) is 45.8 Å². The van der Waals surface area contributed by atoms with E-state index in [2.05, 4.69) is 10.6 Å². The van der Waals surface area contributed by atoms with Crippen molar-refractivity contribution in [2.24, 2.45) is 0 Å². The van der Waals surface area contributed by atoms with Gasteiger partial charge in [-0.05, 0) is 13.3 Å². The molecule has 110 valence electrons. The minimum absolute atomic E-state index is 0.0133. The van der Waals surface area contributed by atoms with Crippen molar-refractivity contribution in [3.8, 4) is 0 Å². The van der Waals surface area contributed by atoms with Gasteiger partial charge in [-0.2, -0.15) is 0 Å². The standard InChI is InChI=1S/C13H25N3O3/c1-3-5-15-13(18)11(2)14-6-4-12(17)16-7-9-19-10-8-16/h11,14H,3-10H2,1-2H3,(H,15,18). The highest BCUT2D eigenvalue weighted by atomic mass is 16.5. The van der Waals surface area contributed by atoms with Gasteiger partial charge < -0.3 is 20.3 Å². The number of nitrogens with zero attached hydrogens (tertiary/aromatic N) is 1. The summed E-state index contributed by atoms with van der Waals surface area (Å²) in [4.78, 5) is 25.3. The lowest BCUT2D eigenvalue weighted by molar-refractivity contribution is -0.135. The highest BCUT2D eigenvalue weighted by molar-refractivity contribution is 5.81. The molecule has 1 saturated heterocycles. The van der Waals surface area contributed by atoms with Crippen LogP contribution in [0.5, 0.6) is 0 Å². The summed E-state index contributed by atoms with van der Waals surface area (Å²) in [5.74, 6) is 0.109. The largest absolute Gasteiger partial charge is 0.378 e. The lowest BCUT2D eigenvalue weighted by atomic mass is 10.2. The number of carbonyl (C=O) groups is 2. The third-order valence-corrected chi connectivity index (χ3v) is 3.10. The van der Waals surface area contributed by atoms with Gasteiger partial charge in [0, 0.05) is 32.6 Å². The SMILES string of the molecule is CCCNC(=O)C(C)NCCC(=O)N1CCOCC1. The van der Waals surface area contributed by atoms with Crippen LogP contribution in [0.4, 0.5) is 0 Å². The number of nitrogens with one attached hydrogen (secondary N) is 2. The number of hydrogen-bond donors (Lipinski definition) is 2.